The van der Waals surface area contributed by atoms with E-state index in [0.717, 1.165) is 18.0 Å². The molecule has 1 aromatic heterocycles. The first-order valence-corrected chi connectivity index (χ1v) is 5.43. The fourth-order valence-electron chi connectivity index (χ4n) is 1.20. The Kier molecular flexibility index (Phi) is 4.56. The van der Waals surface area contributed by atoms with Crippen LogP contribution in [0.4, 0.5) is 0 Å². The highest BCUT2D eigenvalue weighted by molar-refractivity contribution is 5.25. The van der Waals surface area contributed by atoms with Gasteiger partial charge in [0.1, 0.15) is 0 Å². The van der Waals surface area contributed by atoms with Crippen LogP contribution in [0.1, 0.15) is 33.3 Å². The molecular formula is C12H20N2O. The van der Waals surface area contributed by atoms with Crippen LogP contribution in [-0.2, 0) is 6.54 Å². The molecular weight excluding hydrogens is 188 g/mol. The van der Waals surface area contributed by atoms with E-state index in [1.807, 2.05) is 26.0 Å². The van der Waals surface area contributed by atoms with Gasteiger partial charge in [0, 0.05) is 24.3 Å². The normalized spacial score (nSPS) is 11.1. The van der Waals surface area contributed by atoms with Crippen molar-refractivity contribution in [3.8, 4) is 5.88 Å². The van der Waals surface area contributed by atoms with Crippen LogP contribution >= 0.6 is 0 Å². The predicted molar refractivity (Wildman–Crippen MR) is 62.0 cm³/mol. The number of aromatic nitrogens is 1. The van der Waals surface area contributed by atoms with Gasteiger partial charge in [-0.2, -0.15) is 0 Å². The van der Waals surface area contributed by atoms with Crippen LogP contribution in [0, 0.1) is 0 Å². The van der Waals surface area contributed by atoms with Crippen LogP contribution in [0.15, 0.2) is 18.3 Å². The molecule has 0 bridgehead atoms. The first-order valence-electron chi connectivity index (χ1n) is 5.43. The molecule has 15 heavy (non-hydrogen) atoms. The average molecular weight is 208 g/mol. The van der Waals surface area contributed by atoms with Crippen LogP contribution in [0.25, 0.3) is 0 Å². The van der Waals surface area contributed by atoms with Crippen molar-refractivity contribution in [3.05, 3.63) is 23.9 Å². The summed E-state index contributed by atoms with van der Waals surface area (Å²) in [6.07, 6.45) is 1.93. The summed E-state index contributed by atoms with van der Waals surface area (Å²) in [7, 11) is 0. The van der Waals surface area contributed by atoms with Gasteiger partial charge in [-0.1, -0.05) is 19.9 Å². The van der Waals surface area contributed by atoms with Crippen molar-refractivity contribution in [3.63, 3.8) is 0 Å². The molecule has 3 heteroatoms. The Morgan fingerprint density at radius 2 is 2.07 bits per heavy atom. The van der Waals surface area contributed by atoms with Crippen molar-refractivity contribution in [2.24, 2.45) is 0 Å². The van der Waals surface area contributed by atoms with Gasteiger partial charge in [-0.15, -0.1) is 0 Å². The van der Waals surface area contributed by atoms with Crippen molar-refractivity contribution >= 4 is 0 Å². The van der Waals surface area contributed by atoms with E-state index < -0.39 is 0 Å². The van der Waals surface area contributed by atoms with E-state index in [0.29, 0.717) is 6.04 Å². The maximum absolute atomic E-state index is 5.63. The molecule has 3 nitrogen and oxygen atoms in total. The van der Waals surface area contributed by atoms with Crippen LogP contribution in [0.3, 0.4) is 0 Å². The van der Waals surface area contributed by atoms with E-state index in [-0.39, 0.29) is 6.10 Å². The van der Waals surface area contributed by atoms with E-state index >= 15 is 0 Å². The van der Waals surface area contributed by atoms with Gasteiger partial charge in [-0.3, -0.25) is 0 Å². The summed E-state index contributed by atoms with van der Waals surface area (Å²) >= 11 is 0. The van der Waals surface area contributed by atoms with E-state index in [2.05, 4.69) is 24.1 Å². The first kappa shape index (κ1) is 12.0. The minimum atomic E-state index is 0.165. The summed E-state index contributed by atoms with van der Waals surface area (Å²) in [5.41, 5.74) is 1.11. The summed E-state index contributed by atoms with van der Waals surface area (Å²) in [5.74, 6) is 0.737. The Hall–Kier alpha value is -1.09. The predicted octanol–water partition coefficient (Wildman–Crippen LogP) is 2.37. The van der Waals surface area contributed by atoms with Crippen molar-refractivity contribution in [1.82, 2.24) is 10.3 Å². The molecule has 0 saturated heterocycles. The van der Waals surface area contributed by atoms with Gasteiger partial charge in [-0.25, -0.2) is 4.98 Å². The molecule has 0 atom stereocenters. The second kappa shape index (κ2) is 5.71. The highest BCUT2D eigenvalue weighted by atomic mass is 16.5. The van der Waals surface area contributed by atoms with Gasteiger partial charge in [0.15, 0.2) is 0 Å². The highest BCUT2D eigenvalue weighted by Crippen LogP contribution is 2.15. The quantitative estimate of drug-likeness (QED) is 0.806. The minimum Gasteiger partial charge on any atom is -0.475 e. The molecule has 0 aliphatic rings. The van der Waals surface area contributed by atoms with E-state index in [4.69, 9.17) is 4.74 Å². The lowest BCUT2D eigenvalue weighted by Gasteiger charge is -2.14. The molecule has 1 rings (SSSR count). The molecule has 0 spiro atoms. The van der Waals surface area contributed by atoms with Gasteiger partial charge in [0.05, 0.1) is 6.10 Å². The van der Waals surface area contributed by atoms with E-state index in [1.165, 1.54) is 0 Å². The zero-order valence-corrected chi connectivity index (χ0v) is 9.95. The summed E-state index contributed by atoms with van der Waals surface area (Å²) in [6, 6.07) is 4.45. The van der Waals surface area contributed by atoms with Crippen molar-refractivity contribution in [2.45, 2.75) is 46.4 Å². The third kappa shape index (κ3) is 4.30. The lowest BCUT2D eigenvalue weighted by Crippen LogP contribution is -2.22. The molecule has 1 heterocycles. The third-order valence-electron chi connectivity index (χ3n) is 1.90. The van der Waals surface area contributed by atoms with Gasteiger partial charge in [0.25, 0.3) is 0 Å². The van der Waals surface area contributed by atoms with E-state index in [9.17, 15) is 0 Å². The number of nitrogens with zero attached hydrogens (tertiary/aromatic N) is 1. The second-order valence-corrected chi connectivity index (χ2v) is 4.17. The number of hydrogen-bond acceptors (Lipinski definition) is 3. The summed E-state index contributed by atoms with van der Waals surface area (Å²) in [6.45, 7) is 9.06. The average Bonchev–Trinajstić information content (AvgIpc) is 2.15. The van der Waals surface area contributed by atoms with Crippen molar-refractivity contribution in [1.29, 1.82) is 0 Å². The number of ether oxygens (including phenoxy) is 1. The zero-order valence-electron chi connectivity index (χ0n) is 9.95. The Balaban J connectivity index is 2.68. The SMILES string of the molecule is CC(C)NCc1cccnc1OC(C)C. The third-order valence-corrected chi connectivity index (χ3v) is 1.90. The first-order chi connectivity index (χ1) is 7.09. The Morgan fingerprint density at radius 3 is 2.67 bits per heavy atom. The van der Waals surface area contributed by atoms with Crippen LogP contribution < -0.4 is 10.1 Å². The monoisotopic (exact) mass is 208 g/mol. The van der Waals surface area contributed by atoms with Crippen LogP contribution in [0.5, 0.6) is 5.88 Å². The molecule has 0 aliphatic carbocycles. The van der Waals surface area contributed by atoms with Crippen LogP contribution in [-0.4, -0.2) is 17.1 Å². The standard InChI is InChI=1S/C12H20N2O/c1-9(2)14-8-11-6-5-7-13-12(11)15-10(3)4/h5-7,9-10,14H,8H2,1-4H3. The lowest BCUT2D eigenvalue weighted by atomic mass is 10.2. The number of nitrogens with one attached hydrogen (secondary N) is 1. The maximum Gasteiger partial charge on any atom is 0.218 e. The highest BCUT2D eigenvalue weighted by Gasteiger charge is 2.06. The molecule has 0 unspecified atom stereocenters. The summed E-state index contributed by atoms with van der Waals surface area (Å²) in [4.78, 5) is 4.23. The van der Waals surface area contributed by atoms with Crippen LogP contribution in [0.2, 0.25) is 0 Å². The number of pyridine rings is 1. The summed E-state index contributed by atoms with van der Waals surface area (Å²) < 4.78 is 5.63. The van der Waals surface area contributed by atoms with Gasteiger partial charge < -0.3 is 10.1 Å². The topological polar surface area (TPSA) is 34.2 Å². The molecule has 1 N–H and O–H groups in total. The number of hydrogen-bond donors (Lipinski definition) is 1. The second-order valence-electron chi connectivity index (χ2n) is 4.17. The van der Waals surface area contributed by atoms with Gasteiger partial charge in [0.2, 0.25) is 5.88 Å². The fourth-order valence-corrected chi connectivity index (χ4v) is 1.20. The van der Waals surface area contributed by atoms with Crippen molar-refractivity contribution in [2.75, 3.05) is 0 Å². The fraction of sp³-hybridized carbons (Fsp3) is 0.583. The number of rotatable bonds is 5. The molecule has 84 valence electrons. The Labute approximate surface area is 91.9 Å². The molecule has 0 fully saturated rings. The maximum atomic E-state index is 5.63. The lowest BCUT2D eigenvalue weighted by molar-refractivity contribution is 0.229. The Morgan fingerprint density at radius 1 is 1.33 bits per heavy atom. The smallest absolute Gasteiger partial charge is 0.218 e. The molecule has 0 saturated carbocycles. The molecule has 0 radical (unpaired) electrons. The summed E-state index contributed by atoms with van der Waals surface area (Å²) in [5, 5.41) is 3.36. The van der Waals surface area contributed by atoms with Gasteiger partial charge >= 0.3 is 0 Å². The zero-order chi connectivity index (χ0) is 11.3. The Bertz CT molecular complexity index is 297. The minimum absolute atomic E-state index is 0.165. The van der Waals surface area contributed by atoms with Crippen molar-refractivity contribution < 1.29 is 4.74 Å². The molecule has 1 aromatic rings. The van der Waals surface area contributed by atoms with Gasteiger partial charge in [-0.05, 0) is 19.9 Å². The largest absolute Gasteiger partial charge is 0.475 e. The van der Waals surface area contributed by atoms with E-state index in [1.54, 1.807) is 6.20 Å². The molecule has 0 aliphatic heterocycles. The molecule has 0 aromatic carbocycles. The molecule has 0 amide bonds.